The first-order valence-electron chi connectivity index (χ1n) is 4.66. The van der Waals surface area contributed by atoms with Crippen LogP contribution in [0.15, 0.2) is 39.7 Å². The number of benzene rings is 1. The second-order valence-corrected chi connectivity index (χ2v) is 4.30. The molecule has 2 rings (SSSR count). The molecule has 4 nitrogen and oxygen atoms in total. The molecule has 0 unspecified atom stereocenters. The van der Waals surface area contributed by atoms with Crippen molar-refractivity contribution in [1.29, 1.82) is 0 Å². The van der Waals surface area contributed by atoms with Crippen LogP contribution in [0.1, 0.15) is 11.7 Å². The quantitative estimate of drug-likeness (QED) is 0.871. The van der Waals surface area contributed by atoms with Gasteiger partial charge in [0.1, 0.15) is 0 Å². The van der Waals surface area contributed by atoms with Gasteiger partial charge in [0, 0.05) is 17.6 Å². The Hall–Kier alpha value is -1.62. The van der Waals surface area contributed by atoms with Crippen molar-refractivity contribution < 1.29 is 4.79 Å². The molecule has 0 aliphatic rings. The van der Waals surface area contributed by atoms with E-state index < -0.39 is 0 Å². The Morgan fingerprint density at radius 2 is 2.19 bits per heavy atom. The van der Waals surface area contributed by atoms with Crippen molar-refractivity contribution in [2.24, 2.45) is 0 Å². The van der Waals surface area contributed by atoms with Gasteiger partial charge in [0.05, 0.1) is 5.56 Å². The van der Waals surface area contributed by atoms with Gasteiger partial charge in [-0.25, -0.2) is 4.68 Å². The molecule has 1 aromatic carbocycles. The third kappa shape index (κ3) is 1.99. The Morgan fingerprint density at radius 1 is 1.44 bits per heavy atom. The summed E-state index contributed by atoms with van der Waals surface area (Å²) in [5.41, 5.74) is 0.987. The lowest BCUT2D eigenvalue weighted by atomic mass is 10.1. The zero-order valence-electron chi connectivity index (χ0n) is 8.53. The third-order valence-electron chi connectivity index (χ3n) is 2.20. The number of carbonyl (C=O) groups excluding carboxylic acids is 1. The Kier molecular flexibility index (Phi) is 2.78. The molecule has 0 bridgehead atoms. The Bertz CT molecular complexity index is 598. The number of halogens is 1. The van der Waals surface area contributed by atoms with Crippen LogP contribution in [0.5, 0.6) is 0 Å². The van der Waals surface area contributed by atoms with Gasteiger partial charge in [-0.05, 0) is 17.7 Å². The first kappa shape index (κ1) is 10.9. The van der Waals surface area contributed by atoms with Crippen molar-refractivity contribution in [1.82, 2.24) is 9.78 Å². The van der Waals surface area contributed by atoms with Crippen molar-refractivity contribution in [3.8, 4) is 11.1 Å². The normalized spacial score (nSPS) is 10.4. The summed E-state index contributed by atoms with van der Waals surface area (Å²) >= 11 is 3.33. The summed E-state index contributed by atoms with van der Waals surface area (Å²) in [5, 5.41) is 2.46. The maximum absolute atomic E-state index is 11.6. The van der Waals surface area contributed by atoms with Crippen molar-refractivity contribution in [2.45, 2.75) is 6.92 Å². The fraction of sp³-hybridized carbons (Fsp3) is 0.0909. The van der Waals surface area contributed by atoms with Gasteiger partial charge in [-0.15, -0.1) is 0 Å². The number of rotatable bonds is 1. The van der Waals surface area contributed by atoms with Crippen LogP contribution < -0.4 is 5.56 Å². The Balaban J connectivity index is 2.56. The van der Waals surface area contributed by atoms with E-state index in [1.807, 2.05) is 24.3 Å². The highest BCUT2D eigenvalue weighted by molar-refractivity contribution is 9.10. The zero-order chi connectivity index (χ0) is 11.7. The van der Waals surface area contributed by atoms with Crippen LogP contribution in [0.25, 0.3) is 11.1 Å². The minimum atomic E-state index is -0.270. The SMILES string of the molecule is CC(=O)n1cc(-c2cccc(Br)c2)c(=O)[nH]1. The average molecular weight is 281 g/mol. The Morgan fingerprint density at radius 3 is 2.75 bits per heavy atom. The van der Waals surface area contributed by atoms with Crippen molar-refractivity contribution in [2.75, 3.05) is 0 Å². The number of aromatic amines is 1. The van der Waals surface area contributed by atoms with Gasteiger partial charge in [-0.3, -0.25) is 14.7 Å². The first-order chi connectivity index (χ1) is 7.58. The molecule has 0 aliphatic carbocycles. The summed E-state index contributed by atoms with van der Waals surface area (Å²) < 4.78 is 2.07. The first-order valence-corrected chi connectivity index (χ1v) is 5.46. The highest BCUT2D eigenvalue weighted by atomic mass is 79.9. The van der Waals surface area contributed by atoms with E-state index in [1.165, 1.54) is 17.8 Å². The van der Waals surface area contributed by atoms with E-state index in [-0.39, 0.29) is 11.5 Å². The van der Waals surface area contributed by atoms with Crippen LogP contribution in [0.3, 0.4) is 0 Å². The van der Waals surface area contributed by atoms with Crippen molar-refractivity contribution >= 4 is 21.8 Å². The maximum atomic E-state index is 11.6. The lowest BCUT2D eigenvalue weighted by Gasteiger charge is -1.96. The molecule has 0 aliphatic heterocycles. The highest BCUT2D eigenvalue weighted by Crippen LogP contribution is 2.19. The number of aromatic nitrogens is 2. The van der Waals surface area contributed by atoms with Crippen LogP contribution in [0, 0.1) is 0 Å². The van der Waals surface area contributed by atoms with Crippen molar-refractivity contribution in [3.05, 3.63) is 45.3 Å². The van der Waals surface area contributed by atoms with Crippen LogP contribution in [-0.4, -0.2) is 15.7 Å². The van der Waals surface area contributed by atoms with E-state index in [0.29, 0.717) is 5.56 Å². The molecule has 2 aromatic rings. The lowest BCUT2D eigenvalue weighted by Crippen LogP contribution is -2.10. The van der Waals surface area contributed by atoms with Gasteiger partial charge in [-0.1, -0.05) is 28.1 Å². The van der Waals surface area contributed by atoms with Crippen LogP contribution in [0.4, 0.5) is 0 Å². The van der Waals surface area contributed by atoms with Gasteiger partial charge in [0.2, 0.25) is 5.91 Å². The monoisotopic (exact) mass is 280 g/mol. The van der Waals surface area contributed by atoms with E-state index >= 15 is 0 Å². The molecule has 0 atom stereocenters. The summed E-state index contributed by atoms with van der Waals surface area (Å²) in [6.07, 6.45) is 1.51. The zero-order valence-corrected chi connectivity index (χ0v) is 10.1. The molecular weight excluding hydrogens is 272 g/mol. The highest BCUT2D eigenvalue weighted by Gasteiger charge is 2.08. The number of nitrogens with zero attached hydrogens (tertiary/aromatic N) is 1. The summed E-state index contributed by atoms with van der Waals surface area (Å²) in [6.45, 7) is 1.39. The molecule has 5 heteroatoms. The van der Waals surface area contributed by atoms with Gasteiger partial charge in [0.15, 0.2) is 0 Å². The minimum absolute atomic E-state index is 0.224. The van der Waals surface area contributed by atoms with Gasteiger partial charge >= 0.3 is 0 Å². The summed E-state index contributed by atoms with van der Waals surface area (Å²) in [4.78, 5) is 22.7. The summed E-state index contributed by atoms with van der Waals surface area (Å²) in [5.74, 6) is -0.224. The molecule has 0 saturated carbocycles. The van der Waals surface area contributed by atoms with Crippen LogP contribution >= 0.6 is 15.9 Å². The largest absolute Gasteiger partial charge is 0.273 e. The van der Waals surface area contributed by atoms with E-state index in [2.05, 4.69) is 21.0 Å². The number of hydrogen-bond donors (Lipinski definition) is 1. The summed E-state index contributed by atoms with van der Waals surface area (Å²) in [7, 11) is 0. The molecule has 1 heterocycles. The molecule has 82 valence electrons. The molecule has 16 heavy (non-hydrogen) atoms. The number of hydrogen-bond acceptors (Lipinski definition) is 2. The number of nitrogens with one attached hydrogen (secondary N) is 1. The fourth-order valence-electron chi connectivity index (χ4n) is 1.42. The molecule has 0 spiro atoms. The van der Waals surface area contributed by atoms with Crippen LogP contribution in [0.2, 0.25) is 0 Å². The van der Waals surface area contributed by atoms with E-state index in [4.69, 9.17) is 0 Å². The molecular formula is C11H9BrN2O2. The maximum Gasteiger partial charge on any atom is 0.272 e. The molecule has 0 fully saturated rings. The number of H-pyrrole nitrogens is 1. The predicted octanol–water partition coefficient (Wildman–Crippen LogP) is 2.27. The van der Waals surface area contributed by atoms with Crippen molar-refractivity contribution in [3.63, 3.8) is 0 Å². The average Bonchev–Trinajstić information content (AvgIpc) is 2.60. The second-order valence-electron chi connectivity index (χ2n) is 3.38. The third-order valence-corrected chi connectivity index (χ3v) is 2.69. The van der Waals surface area contributed by atoms with Gasteiger partial charge < -0.3 is 0 Å². The second kappa shape index (κ2) is 4.09. The number of carbonyl (C=O) groups is 1. The Labute approximate surface area is 100 Å². The van der Waals surface area contributed by atoms with E-state index in [9.17, 15) is 9.59 Å². The molecule has 0 saturated heterocycles. The molecule has 1 N–H and O–H groups in total. The predicted molar refractivity (Wildman–Crippen MR) is 64.5 cm³/mol. The van der Waals surface area contributed by atoms with Gasteiger partial charge in [0.25, 0.3) is 5.56 Å². The van der Waals surface area contributed by atoms with Crippen LogP contribution in [-0.2, 0) is 0 Å². The van der Waals surface area contributed by atoms with E-state index in [0.717, 1.165) is 10.0 Å². The molecule has 0 amide bonds. The van der Waals surface area contributed by atoms with E-state index in [1.54, 1.807) is 0 Å². The smallest absolute Gasteiger partial charge is 0.272 e. The molecule has 1 aromatic heterocycles. The van der Waals surface area contributed by atoms with Gasteiger partial charge in [-0.2, -0.15) is 0 Å². The standard InChI is InChI=1S/C11H9BrN2O2/c1-7(15)14-6-10(11(16)13-14)8-3-2-4-9(12)5-8/h2-6H,1H3,(H,13,16). The minimum Gasteiger partial charge on any atom is -0.273 e. The lowest BCUT2D eigenvalue weighted by molar-refractivity contribution is 0.0920. The topological polar surface area (TPSA) is 54.9 Å². The molecule has 0 radical (unpaired) electrons. The fourth-order valence-corrected chi connectivity index (χ4v) is 1.82. The summed E-state index contributed by atoms with van der Waals surface area (Å²) in [6, 6.07) is 7.36.